The molecule has 3 rings (SSSR count). The summed E-state index contributed by atoms with van der Waals surface area (Å²) < 4.78 is 7.13. The molecular weight excluding hydrogens is 318 g/mol. The summed E-state index contributed by atoms with van der Waals surface area (Å²) in [6, 6.07) is 7.64. The van der Waals surface area contributed by atoms with Crippen molar-refractivity contribution in [2.45, 2.75) is 51.7 Å². The molecule has 0 saturated heterocycles. The van der Waals surface area contributed by atoms with Crippen LogP contribution in [0, 0.1) is 6.92 Å². The first-order valence-electron chi connectivity index (χ1n) is 8.66. The van der Waals surface area contributed by atoms with Crippen molar-refractivity contribution in [2.75, 3.05) is 7.11 Å². The summed E-state index contributed by atoms with van der Waals surface area (Å²) in [5, 5.41) is 10.4. The van der Waals surface area contributed by atoms with E-state index in [4.69, 9.17) is 4.74 Å². The molecule has 0 fully saturated rings. The summed E-state index contributed by atoms with van der Waals surface area (Å²) in [5.41, 5.74) is 1.13. The molecule has 0 unspecified atom stereocenters. The SMILES string of the molecule is COc1cccc(C[C@@H](C)NC(=O)N[C@@H]2CCCn3nc(C)nc32)c1. The Morgan fingerprint density at radius 1 is 1.48 bits per heavy atom. The number of rotatable bonds is 5. The second-order valence-electron chi connectivity index (χ2n) is 6.51. The molecule has 0 saturated carbocycles. The molecule has 1 aliphatic heterocycles. The molecule has 1 aliphatic rings. The van der Waals surface area contributed by atoms with Crippen LogP contribution in [0.2, 0.25) is 0 Å². The van der Waals surface area contributed by atoms with E-state index in [-0.39, 0.29) is 18.1 Å². The predicted octanol–water partition coefficient (Wildman–Crippen LogP) is 2.36. The van der Waals surface area contributed by atoms with Crippen LogP contribution in [-0.4, -0.2) is 33.9 Å². The molecule has 1 aromatic heterocycles. The minimum atomic E-state index is -0.172. The first-order valence-corrected chi connectivity index (χ1v) is 8.66. The molecule has 2 atom stereocenters. The van der Waals surface area contributed by atoms with Crippen LogP contribution in [0.5, 0.6) is 5.75 Å². The zero-order chi connectivity index (χ0) is 17.8. The fourth-order valence-corrected chi connectivity index (χ4v) is 3.23. The third-order valence-corrected chi connectivity index (χ3v) is 4.34. The number of hydrogen-bond acceptors (Lipinski definition) is 4. The predicted molar refractivity (Wildman–Crippen MR) is 94.6 cm³/mol. The van der Waals surface area contributed by atoms with Gasteiger partial charge in [0, 0.05) is 12.6 Å². The van der Waals surface area contributed by atoms with Gasteiger partial charge in [0.1, 0.15) is 17.4 Å². The van der Waals surface area contributed by atoms with Gasteiger partial charge in [-0.25, -0.2) is 14.5 Å². The second-order valence-corrected chi connectivity index (χ2v) is 6.51. The highest BCUT2D eigenvalue weighted by Crippen LogP contribution is 2.22. The van der Waals surface area contributed by atoms with Gasteiger partial charge in [0.05, 0.1) is 13.2 Å². The molecule has 1 aromatic carbocycles. The molecule has 2 heterocycles. The summed E-state index contributed by atoms with van der Waals surface area (Å²) in [6.07, 6.45) is 2.61. The number of fused-ring (bicyclic) bond motifs is 1. The fourth-order valence-electron chi connectivity index (χ4n) is 3.23. The number of benzene rings is 1. The summed E-state index contributed by atoms with van der Waals surface area (Å²) in [6.45, 7) is 4.73. The Bertz CT molecular complexity index is 743. The standard InChI is InChI=1S/C18H25N5O2/c1-12(10-14-6-4-7-15(11-14)25-3)19-18(24)21-16-8-5-9-23-17(16)20-13(2)22-23/h4,6-7,11-12,16H,5,8-10H2,1-3H3,(H2,19,21,24)/t12-,16-/m1/s1. The van der Waals surface area contributed by atoms with Gasteiger partial charge in [-0.1, -0.05) is 12.1 Å². The van der Waals surface area contributed by atoms with E-state index in [1.165, 1.54) is 0 Å². The monoisotopic (exact) mass is 343 g/mol. The van der Waals surface area contributed by atoms with E-state index in [1.54, 1.807) is 7.11 Å². The summed E-state index contributed by atoms with van der Waals surface area (Å²) >= 11 is 0. The van der Waals surface area contributed by atoms with Gasteiger partial charge >= 0.3 is 6.03 Å². The van der Waals surface area contributed by atoms with Crippen LogP contribution < -0.4 is 15.4 Å². The average Bonchev–Trinajstić information content (AvgIpc) is 2.96. The molecule has 7 nitrogen and oxygen atoms in total. The van der Waals surface area contributed by atoms with Crippen molar-refractivity contribution < 1.29 is 9.53 Å². The Kier molecular flexibility index (Phi) is 5.21. The first-order chi connectivity index (χ1) is 12.0. The van der Waals surface area contributed by atoms with Crippen LogP contribution >= 0.6 is 0 Å². The van der Waals surface area contributed by atoms with E-state index in [0.717, 1.165) is 48.8 Å². The van der Waals surface area contributed by atoms with Crippen LogP contribution in [0.3, 0.4) is 0 Å². The van der Waals surface area contributed by atoms with Gasteiger partial charge in [-0.2, -0.15) is 5.10 Å². The highest BCUT2D eigenvalue weighted by Gasteiger charge is 2.25. The molecule has 2 amide bonds. The number of nitrogens with one attached hydrogen (secondary N) is 2. The zero-order valence-corrected chi connectivity index (χ0v) is 15.0. The number of methoxy groups -OCH3 is 1. The maximum absolute atomic E-state index is 12.3. The van der Waals surface area contributed by atoms with E-state index < -0.39 is 0 Å². The van der Waals surface area contributed by atoms with Gasteiger partial charge in [0.15, 0.2) is 0 Å². The van der Waals surface area contributed by atoms with Crippen molar-refractivity contribution in [1.82, 2.24) is 25.4 Å². The normalized spacial score (nSPS) is 17.5. The Morgan fingerprint density at radius 2 is 2.32 bits per heavy atom. The fraction of sp³-hybridized carbons (Fsp3) is 0.500. The highest BCUT2D eigenvalue weighted by molar-refractivity contribution is 5.74. The van der Waals surface area contributed by atoms with E-state index >= 15 is 0 Å². The molecule has 0 bridgehead atoms. The summed E-state index contributed by atoms with van der Waals surface area (Å²) in [7, 11) is 1.65. The number of urea groups is 1. The van der Waals surface area contributed by atoms with E-state index in [1.807, 2.05) is 42.8 Å². The van der Waals surface area contributed by atoms with Crippen molar-refractivity contribution in [3.05, 3.63) is 41.5 Å². The van der Waals surface area contributed by atoms with Gasteiger partial charge in [0.25, 0.3) is 0 Å². The second kappa shape index (κ2) is 7.55. The van der Waals surface area contributed by atoms with E-state index in [2.05, 4.69) is 20.7 Å². The van der Waals surface area contributed by atoms with Crippen LogP contribution in [-0.2, 0) is 13.0 Å². The Balaban J connectivity index is 1.55. The quantitative estimate of drug-likeness (QED) is 0.873. The molecular formula is C18H25N5O2. The van der Waals surface area contributed by atoms with E-state index in [9.17, 15) is 4.79 Å². The maximum Gasteiger partial charge on any atom is 0.315 e. The number of amides is 2. The minimum absolute atomic E-state index is 0.00954. The lowest BCUT2D eigenvalue weighted by Crippen LogP contribution is -2.44. The first kappa shape index (κ1) is 17.3. The topological polar surface area (TPSA) is 81.1 Å². The number of nitrogens with zero attached hydrogens (tertiary/aromatic N) is 3. The molecule has 2 N–H and O–H groups in total. The van der Waals surface area contributed by atoms with Crippen LogP contribution in [0.4, 0.5) is 4.79 Å². The lowest BCUT2D eigenvalue weighted by Gasteiger charge is -2.24. The third-order valence-electron chi connectivity index (χ3n) is 4.34. The van der Waals surface area contributed by atoms with Gasteiger partial charge < -0.3 is 15.4 Å². The smallest absolute Gasteiger partial charge is 0.315 e. The lowest BCUT2D eigenvalue weighted by molar-refractivity contribution is 0.229. The number of aryl methyl sites for hydroxylation is 2. The number of carbonyl (C=O) groups is 1. The van der Waals surface area contributed by atoms with Gasteiger partial charge in [-0.15, -0.1) is 0 Å². The number of hydrogen-bond donors (Lipinski definition) is 2. The van der Waals surface area contributed by atoms with Gasteiger partial charge in [-0.05, 0) is 50.8 Å². The third kappa shape index (κ3) is 4.29. The van der Waals surface area contributed by atoms with Crippen molar-refractivity contribution in [3.63, 3.8) is 0 Å². The highest BCUT2D eigenvalue weighted by atomic mass is 16.5. The van der Waals surface area contributed by atoms with Gasteiger partial charge in [-0.3, -0.25) is 0 Å². The maximum atomic E-state index is 12.3. The van der Waals surface area contributed by atoms with Crippen molar-refractivity contribution in [1.29, 1.82) is 0 Å². The Hall–Kier alpha value is -2.57. The molecule has 0 radical (unpaired) electrons. The average molecular weight is 343 g/mol. The largest absolute Gasteiger partial charge is 0.497 e. The molecule has 25 heavy (non-hydrogen) atoms. The minimum Gasteiger partial charge on any atom is -0.497 e. The Morgan fingerprint density at radius 3 is 3.12 bits per heavy atom. The van der Waals surface area contributed by atoms with Crippen LogP contribution in [0.15, 0.2) is 24.3 Å². The molecule has 134 valence electrons. The number of ether oxygens (including phenoxy) is 1. The number of aromatic nitrogens is 3. The molecule has 2 aromatic rings. The number of carbonyl (C=O) groups excluding carboxylic acids is 1. The molecule has 0 spiro atoms. The summed E-state index contributed by atoms with van der Waals surface area (Å²) in [4.78, 5) is 16.8. The summed E-state index contributed by atoms with van der Waals surface area (Å²) in [5.74, 6) is 2.42. The van der Waals surface area contributed by atoms with Crippen molar-refractivity contribution in [2.24, 2.45) is 0 Å². The van der Waals surface area contributed by atoms with Gasteiger partial charge in [0.2, 0.25) is 0 Å². The lowest BCUT2D eigenvalue weighted by atomic mass is 10.1. The molecule has 7 heteroatoms. The van der Waals surface area contributed by atoms with Crippen molar-refractivity contribution >= 4 is 6.03 Å². The van der Waals surface area contributed by atoms with Crippen LogP contribution in [0.25, 0.3) is 0 Å². The Labute approximate surface area is 147 Å². The van der Waals surface area contributed by atoms with Crippen LogP contribution in [0.1, 0.15) is 43.0 Å². The molecule has 0 aliphatic carbocycles. The van der Waals surface area contributed by atoms with Crippen molar-refractivity contribution in [3.8, 4) is 5.75 Å². The zero-order valence-electron chi connectivity index (χ0n) is 15.0. The van der Waals surface area contributed by atoms with E-state index in [0.29, 0.717) is 0 Å².